The second-order valence-corrected chi connectivity index (χ2v) is 18.8. The van der Waals surface area contributed by atoms with E-state index < -0.39 is 0 Å². The molecule has 0 saturated heterocycles. The molecule has 68 heavy (non-hydrogen) atoms. The predicted octanol–water partition coefficient (Wildman–Crippen LogP) is 18.8. The van der Waals surface area contributed by atoms with Crippen molar-refractivity contribution < 1.29 is 4.74 Å². The average Bonchev–Trinajstić information content (AvgIpc) is 3.37. The Morgan fingerprint density at radius 1 is 0.309 bits per heavy atom. The van der Waals surface area contributed by atoms with Gasteiger partial charge in [0.05, 0.1) is 17.1 Å². The third-order valence-corrected chi connectivity index (χ3v) is 13.2. The smallest absolute Gasteiger partial charge is 0.133 e. The van der Waals surface area contributed by atoms with E-state index in [0.29, 0.717) is 17.8 Å². The van der Waals surface area contributed by atoms with Gasteiger partial charge in [0.15, 0.2) is 0 Å². The van der Waals surface area contributed by atoms with Crippen molar-refractivity contribution in [3.63, 3.8) is 0 Å². The van der Waals surface area contributed by atoms with Crippen LogP contribution >= 0.6 is 0 Å². The number of para-hydroxylation sites is 6. The minimum atomic E-state index is -0.00396. The Morgan fingerprint density at radius 2 is 0.662 bits per heavy atom. The lowest BCUT2D eigenvalue weighted by molar-refractivity contribution is 0.452. The first-order chi connectivity index (χ1) is 33.2. The zero-order valence-corrected chi connectivity index (χ0v) is 39.9. The summed E-state index contributed by atoms with van der Waals surface area (Å²) in [7, 11) is 0. The molecule has 10 rings (SSSR count). The zero-order valence-electron chi connectivity index (χ0n) is 39.9. The van der Waals surface area contributed by atoms with E-state index in [9.17, 15) is 0 Å². The number of hydrogen-bond acceptors (Lipinski definition) is 4. The first kappa shape index (κ1) is 44.0. The summed E-state index contributed by atoms with van der Waals surface area (Å²) >= 11 is 0. The van der Waals surface area contributed by atoms with Crippen molar-refractivity contribution in [2.24, 2.45) is 0 Å². The fraction of sp³-hybridized carbons (Fsp3) is 0.156. The van der Waals surface area contributed by atoms with E-state index in [1.54, 1.807) is 0 Å². The molecular weight excluding hydrogens is 827 g/mol. The van der Waals surface area contributed by atoms with Gasteiger partial charge in [-0.05, 0) is 131 Å². The molecule has 0 saturated carbocycles. The Hall–Kier alpha value is -7.82. The highest BCUT2D eigenvalue weighted by atomic mass is 16.5. The molecule has 4 heteroatoms. The summed E-state index contributed by atoms with van der Waals surface area (Å²) in [4.78, 5) is 7.08. The van der Waals surface area contributed by atoms with E-state index in [0.717, 1.165) is 62.7 Å². The largest absolute Gasteiger partial charge is 0.457 e. The third kappa shape index (κ3) is 8.66. The highest BCUT2D eigenvalue weighted by molar-refractivity contribution is 5.89. The van der Waals surface area contributed by atoms with Crippen LogP contribution in [0.15, 0.2) is 224 Å². The molecular formula is C64H59N3O. The Morgan fingerprint density at radius 3 is 1.04 bits per heavy atom. The molecule has 0 fully saturated rings. The minimum absolute atomic E-state index is 0.00396. The Balaban J connectivity index is 1.22. The summed E-state index contributed by atoms with van der Waals surface area (Å²) in [6, 6.07) is 80.8. The first-order valence-electron chi connectivity index (χ1n) is 24.1. The molecule has 1 unspecified atom stereocenters. The zero-order chi connectivity index (χ0) is 46.7. The second-order valence-electron chi connectivity index (χ2n) is 18.8. The Labute approximate surface area is 403 Å². The van der Waals surface area contributed by atoms with E-state index in [1.807, 2.05) is 0 Å². The lowest BCUT2D eigenvalue weighted by Crippen LogP contribution is -2.18. The van der Waals surface area contributed by atoms with E-state index in [-0.39, 0.29) is 5.92 Å². The number of fused-ring (bicyclic) bond motifs is 2. The SMILES string of the molecule is CC(C)c1cc(C(C)C)c(C2c3ccccc3Oc3cc(N(c4ccccc4)c4cc(N(c5ccccc5)c5ccccc5)cc(N(c5ccccc5)c5ccccc5)c4)ccc32)c(C(C)C)c1. The Kier molecular flexibility index (Phi) is 12.4. The van der Waals surface area contributed by atoms with E-state index in [4.69, 9.17) is 4.74 Å². The molecule has 0 bridgehead atoms. The highest BCUT2D eigenvalue weighted by Gasteiger charge is 2.34. The van der Waals surface area contributed by atoms with E-state index in [1.165, 1.54) is 33.4 Å². The van der Waals surface area contributed by atoms with Crippen LogP contribution in [-0.4, -0.2) is 0 Å². The number of hydrogen-bond donors (Lipinski definition) is 0. The summed E-state index contributed by atoms with van der Waals surface area (Å²) in [5, 5.41) is 0. The lowest BCUT2D eigenvalue weighted by atomic mass is 9.73. The molecule has 9 aromatic rings. The maximum atomic E-state index is 7.07. The minimum Gasteiger partial charge on any atom is -0.457 e. The van der Waals surface area contributed by atoms with Crippen molar-refractivity contribution in [2.75, 3.05) is 14.7 Å². The van der Waals surface area contributed by atoms with Gasteiger partial charge < -0.3 is 19.4 Å². The molecule has 4 nitrogen and oxygen atoms in total. The molecule has 0 aromatic heterocycles. The molecule has 0 N–H and O–H groups in total. The van der Waals surface area contributed by atoms with Gasteiger partial charge in [-0.2, -0.15) is 0 Å². The van der Waals surface area contributed by atoms with Crippen LogP contribution in [0.1, 0.15) is 98.6 Å². The van der Waals surface area contributed by atoms with Crippen molar-refractivity contribution in [3.8, 4) is 11.5 Å². The van der Waals surface area contributed by atoms with Gasteiger partial charge in [-0.15, -0.1) is 0 Å². The van der Waals surface area contributed by atoms with Gasteiger partial charge in [-0.1, -0.05) is 169 Å². The van der Waals surface area contributed by atoms with Crippen LogP contribution in [0.25, 0.3) is 0 Å². The average molecular weight is 886 g/mol. The first-order valence-corrected chi connectivity index (χ1v) is 24.1. The molecule has 9 aromatic carbocycles. The Bertz CT molecular complexity index is 2920. The molecule has 1 heterocycles. The predicted molar refractivity (Wildman–Crippen MR) is 287 cm³/mol. The lowest BCUT2D eigenvalue weighted by Gasteiger charge is -2.35. The number of nitrogens with zero attached hydrogens (tertiary/aromatic N) is 3. The van der Waals surface area contributed by atoms with Crippen LogP contribution in [0, 0.1) is 0 Å². The monoisotopic (exact) mass is 885 g/mol. The van der Waals surface area contributed by atoms with Gasteiger partial charge in [-0.3, -0.25) is 0 Å². The summed E-state index contributed by atoms with van der Waals surface area (Å²) in [5.41, 5.74) is 17.3. The van der Waals surface area contributed by atoms with Crippen molar-refractivity contribution in [3.05, 3.63) is 258 Å². The van der Waals surface area contributed by atoms with Crippen molar-refractivity contribution >= 4 is 51.2 Å². The normalized spacial score (nSPS) is 12.9. The molecule has 0 spiro atoms. The van der Waals surface area contributed by atoms with Gasteiger partial charge >= 0.3 is 0 Å². The maximum absolute atomic E-state index is 7.07. The van der Waals surface area contributed by atoms with Gasteiger partial charge in [0.2, 0.25) is 0 Å². The summed E-state index contributed by atoms with van der Waals surface area (Å²) in [6.45, 7) is 14.0. The van der Waals surface area contributed by atoms with Crippen molar-refractivity contribution in [1.29, 1.82) is 0 Å². The van der Waals surface area contributed by atoms with Gasteiger partial charge in [0.25, 0.3) is 0 Å². The van der Waals surface area contributed by atoms with Gasteiger partial charge in [-0.25, -0.2) is 0 Å². The number of rotatable bonds is 13. The fourth-order valence-electron chi connectivity index (χ4n) is 9.94. The standard InChI is InChI=1S/C64H59N3O/c1-44(2)47-38-59(45(3)4)64(60(39-47)46(5)6)63-57-34-22-23-35-61(57)68-62-43-53(36-37-58(62)63)67(52-32-20-11-21-33-52)56-41-54(65(48-24-12-7-13-25-48)49-26-14-8-15-27-49)40-55(42-56)66(50-28-16-9-17-29-50)51-30-18-10-19-31-51/h7-46,63H,1-6H3. The van der Waals surface area contributed by atoms with Crippen molar-refractivity contribution in [2.45, 2.75) is 65.2 Å². The number of ether oxygens (including phenoxy) is 1. The number of anilines is 9. The molecule has 0 amide bonds. The molecule has 336 valence electrons. The second kappa shape index (κ2) is 19.2. The quantitative estimate of drug-likeness (QED) is 0.115. The molecule has 1 atom stereocenters. The maximum Gasteiger partial charge on any atom is 0.133 e. The molecule has 0 aliphatic carbocycles. The topological polar surface area (TPSA) is 19.0 Å². The molecule has 0 radical (unpaired) electrons. The van der Waals surface area contributed by atoms with Crippen LogP contribution in [0.4, 0.5) is 51.2 Å². The summed E-state index contributed by atoms with van der Waals surface area (Å²) < 4.78 is 7.07. The summed E-state index contributed by atoms with van der Waals surface area (Å²) in [6.07, 6.45) is 0. The van der Waals surface area contributed by atoms with Gasteiger partial charge in [0, 0.05) is 57.2 Å². The van der Waals surface area contributed by atoms with Crippen LogP contribution in [0.3, 0.4) is 0 Å². The fourth-order valence-corrected chi connectivity index (χ4v) is 9.94. The molecule has 1 aliphatic heterocycles. The van der Waals surface area contributed by atoms with E-state index >= 15 is 0 Å². The van der Waals surface area contributed by atoms with Crippen LogP contribution in [-0.2, 0) is 0 Å². The summed E-state index contributed by atoms with van der Waals surface area (Å²) in [5.74, 6) is 2.87. The van der Waals surface area contributed by atoms with Crippen molar-refractivity contribution in [1.82, 2.24) is 0 Å². The van der Waals surface area contributed by atoms with Crippen LogP contribution in [0.2, 0.25) is 0 Å². The van der Waals surface area contributed by atoms with Crippen LogP contribution < -0.4 is 19.4 Å². The van der Waals surface area contributed by atoms with Gasteiger partial charge in [0.1, 0.15) is 11.5 Å². The highest BCUT2D eigenvalue weighted by Crippen LogP contribution is 2.53. The van der Waals surface area contributed by atoms with E-state index in [2.05, 4.69) is 281 Å². The third-order valence-electron chi connectivity index (χ3n) is 13.2. The van der Waals surface area contributed by atoms with Crippen LogP contribution in [0.5, 0.6) is 11.5 Å². The number of benzene rings is 9. The molecule has 1 aliphatic rings.